The van der Waals surface area contributed by atoms with E-state index < -0.39 is 0 Å². The summed E-state index contributed by atoms with van der Waals surface area (Å²) in [5.41, 5.74) is 0. The summed E-state index contributed by atoms with van der Waals surface area (Å²) in [7, 11) is 1.38. The Hall–Kier alpha value is -0.280. The first-order valence-electron chi connectivity index (χ1n) is 4.55. The molecule has 0 saturated heterocycles. The summed E-state index contributed by atoms with van der Waals surface area (Å²) in [5, 5.41) is 9.62. The zero-order chi connectivity index (χ0) is 9.59. The Morgan fingerprint density at radius 1 is 1.46 bits per heavy atom. The highest BCUT2D eigenvalue weighted by atomic mass is 35.5. The van der Waals surface area contributed by atoms with E-state index in [2.05, 4.69) is 0 Å². The second-order valence-electron chi connectivity index (χ2n) is 3.93. The number of aliphatic hydroxyl groups is 1. The van der Waals surface area contributed by atoms with Crippen molar-refractivity contribution in [3.05, 3.63) is 0 Å². The Morgan fingerprint density at radius 2 is 2.15 bits per heavy atom. The Morgan fingerprint density at radius 3 is 2.62 bits per heavy atom. The van der Waals surface area contributed by atoms with Crippen molar-refractivity contribution >= 4 is 17.6 Å². The number of ether oxygens (including phenoxy) is 1. The van der Waals surface area contributed by atoms with Gasteiger partial charge in [0, 0.05) is 5.38 Å². The molecule has 2 rings (SSSR count). The third-order valence-corrected chi connectivity index (χ3v) is 3.87. The first kappa shape index (κ1) is 9.28. The average Bonchev–Trinajstić information content (AvgIpc) is 2.57. The van der Waals surface area contributed by atoms with E-state index in [1.807, 2.05) is 0 Å². The zero-order valence-corrected chi connectivity index (χ0v) is 8.20. The molecule has 2 saturated carbocycles. The zero-order valence-electron chi connectivity index (χ0n) is 7.44. The van der Waals surface area contributed by atoms with Gasteiger partial charge < -0.3 is 9.84 Å². The molecule has 74 valence electrons. The highest BCUT2D eigenvalue weighted by Crippen LogP contribution is 2.51. The molecule has 2 bridgehead atoms. The molecule has 0 aliphatic heterocycles. The van der Waals surface area contributed by atoms with Gasteiger partial charge in [-0.25, -0.2) is 0 Å². The number of aliphatic hydroxyl groups excluding tert-OH is 1. The number of halogens is 1. The van der Waals surface area contributed by atoms with Crippen LogP contribution in [0.4, 0.5) is 0 Å². The van der Waals surface area contributed by atoms with Crippen LogP contribution in [-0.2, 0) is 9.53 Å². The third-order valence-electron chi connectivity index (χ3n) is 3.37. The van der Waals surface area contributed by atoms with Gasteiger partial charge >= 0.3 is 5.97 Å². The van der Waals surface area contributed by atoms with Crippen molar-refractivity contribution < 1.29 is 14.6 Å². The minimum atomic E-state index is -0.357. The van der Waals surface area contributed by atoms with E-state index in [0.29, 0.717) is 6.42 Å². The van der Waals surface area contributed by atoms with Gasteiger partial charge in [0.15, 0.2) is 0 Å². The summed E-state index contributed by atoms with van der Waals surface area (Å²) in [5.74, 6) is -0.230. The lowest BCUT2D eigenvalue weighted by molar-refractivity contribution is -0.147. The fourth-order valence-electron chi connectivity index (χ4n) is 2.75. The summed E-state index contributed by atoms with van der Waals surface area (Å²) < 4.78 is 4.70. The highest BCUT2D eigenvalue weighted by molar-refractivity contribution is 6.21. The van der Waals surface area contributed by atoms with Crippen LogP contribution >= 0.6 is 11.6 Å². The van der Waals surface area contributed by atoms with E-state index in [0.717, 1.165) is 6.42 Å². The molecule has 0 spiro atoms. The lowest BCUT2D eigenvalue weighted by Crippen LogP contribution is -2.23. The van der Waals surface area contributed by atoms with E-state index >= 15 is 0 Å². The minimum Gasteiger partial charge on any atom is -0.469 e. The number of hydrogen-bond donors (Lipinski definition) is 1. The number of carbonyl (C=O) groups is 1. The van der Waals surface area contributed by atoms with Crippen LogP contribution in [0.1, 0.15) is 12.8 Å². The lowest BCUT2D eigenvalue weighted by Gasteiger charge is -2.18. The van der Waals surface area contributed by atoms with Gasteiger partial charge in [-0.05, 0) is 24.7 Å². The molecule has 0 unspecified atom stereocenters. The summed E-state index contributed by atoms with van der Waals surface area (Å²) in [4.78, 5) is 11.4. The molecule has 4 heteroatoms. The number of fused-ring (bicyclic) bond motifs is 2. The summed E-state index contributed by atoms with van der Waals surface area (Å²) in [6, 6.07) is 0. The van der Waals surface area contributed by atoms with Gasteiger partial charge in [0.1, 0.15) is 0 Å². The van der Waals surface area contributed by atoms with Crippen LogP contribution in [0.3, 0.4) is 0 Å². The van der Waals surface area contributed by atoms with E-state index in [9.17, 15) is 9.90 Å². The number of carbonyl (C=O) groups excluding carboxylic acids is 1. The van der Waals surface area contributed by atoms with Crippen molar-refractivity contribution in [2.24, 2.45) is 17.8 Å². The number of methoxy groups -OCH3 is 1. The maximum absolute atomic E-state index is 11.4. The quantitative estimate of drug-likeness (QED) is 0.507. The maximum Gasteiger partial charge on any atom is 0.309 e. The van der Waals surface area contributed by atoms with Crippen molar-refractivity contribution in [1.29, 1.82) is 0 Å². The molecule has 3 nitrogen and oxygen atoms in total. The summed E-state index contributed by atoms with van der Waals surface area (Å²) >= 11 is 6.05. The number of alkyl halides is 1. The molecule has 0 radical (unpaired) electrons. The van der Waals surface area contributed by atoms with Gasteiger partial charge in [0.05, 0.1) is 19.1 Å². The standard InChI is InChI=1S/C9H13ClO3/c1-13-9(12)8-4-3-7(11)5(8)2-6(4)10/h4-8,11H,2-3H2,1H3/t4-,5-,6+,7-,8+/m0/s1. The molecule has 0 aromatic carbocycles. The van der Waals surface area contributed by atoms with Gasteiger partial charge in [-0.1, -0.05) is 0 Å². The highest BCUT2D eigenvalue weighted by Gasteiger charge is 2.55. The van der Waals surface area contributed by atoms with E-state index in [1.165, 1.54) is 7.11 Å². The Bertz CT molecular complexity index is 215. The van der Waals surface area contributed by atoms with Gasteiger partial charge in [-0.2, -0.15) is 0 Å². The van der Waals surface area contributed by atoms with Crippen LogP contribution in [0, 0.1) is 17.8 Å². The van der Waals surface area contributed by atoms with E-state index in [-0.39, 0.29) is 35.2 Å². The van der Waals surface area contributed by atoms with Gasteiger partial charge in [-0.3, -0.25) is 4.79 Å². The van der Waals surface area contributed by atoms with Crippen molar-refractivity contribution in [2.75, 3.05) is 7.11 Å². The molecule has 0 aromatic heterocycles. The van der Waals surface area contributed by atoms with E-state index in [1.54, 1.807) is 0 Å². The number of esters is 1. The second-order valence-corrected chi connectivity index (χ2v) is 4.49. The van der Waals surface area contributed by atoms with E-state index in [4.69, 9.17) is 16.3 Å². The van der Waals surface area contributed by atoms with Crippen molar-refractivity contribution in [1.82, 2.24) is 0 Å². The van der Waals surface area contributed by atoms with Crippen LogP contribution < -0.4 is 0 Å². The topological polar surface area (TPSA) is 46.5 Å². The van der Waals surface area contributed by atoms with Crippen molar-refractivity contribution in [3.63, 3.8) is 0 Å². The van der Waals surface area contributed by atoms with Crippen molar-refractivity contribution in [2.45, 2.75) is 24.3 Å². The largest absolute Gasteiger partial charge is 0.469 e. The molecule has 2 aliphatic carbocycles. The van der Waals surface area contributed by atoms with Crippen LogP contribution in [0.5, 0.6) is 0 Å². The normalized spacial score (nSPS) is 48.1. The fraction of sp³-hybridized carbons (Fsp3) is 0.889. The van der Waals surface area contributed by atoms with Crippen LogP contribution in [0.2, 0.25) is 0 Å². The monoisotopic (exact) mass is 204 g/mol. The Balaban J connectivity index is 2.17. The van der Waals surface area contributed by atoms with Crippen LogP contribution in [0.25, 0.3) is 0 Å². The molecule has 1 N–H and O–H groups in total. The SMILES string of the molecule is COC(=O)[C@@H]1[C@H]2C[C@H](O)[C@@H]1C[C@H]2Cl. The summed E-state index contributed by atoms with van der Waals surface area (Å²) in [6.07, 6.45) is 1.04. The molecular formula is C9H13ClO3. The lowest BCUT2D eigenvalue weighted by atomic mass is 9.97. The number of rotatable bonds is 1. The molecule has 2 aliphatic rings. The van der Waals surface area contributed by atoms with Gasteiger partial charge in [-0.15, -0.1) is 11.6 Å². The molecular weight excluding hydrogens is 192 g/mol. The molecule has 0 heterocycles. The molecule has 5 atom stereocenters. The minimum absolute atomic E-state index is 0.0277. The van der Waals surface area contributed by atoms with Crippen molar-refractivity contribution in [3.8, 4) is 0 Å². The second kappa shape index (κ2) is 3.14. The third kappa shape index (κ3) is 1.25. The smallest absolute Gasteiger partial charge is 0.309 e. The van der Waals surface area contributed by atoms with Gasteiger partial charge in [0.2, 0.25) is 0 Å². The molecule has 2 fully saturated rings. The molecule has 0 aromatic rings. The fourth-order valence-corrected chi connectivity index (χ4v) is 3.22. The van der Waals surface area contributed by atoms with Crippen LogP contribution in [0.15, 0.2) is 0 Å². The van der Waals surface area contributed by atoms with Gasteiger partial charge in [0.25, 0.3) is 0 Å². The predicted octanol–water partition coefficient (Wildman–Crippen LogP) is 0.784. The Labute approximate surface area is 82.0 Å². The summed E-state index contributed by atoms with van der Waals surface area (Å²) in [6.45, 7) is 0. The Kier molecular flexibility index (Phi) is 2.24. The first-order chi connectivity index (χ1) is 6.15. The number of hydrogen-bond acceptors (Lipinski definition) is 3. The van der Waals surface area contributed by atoms with Crippen LogP contribution in [-0.4, -0.2) is 29.7 Å². The molecule has 0 amide bonds. The first-order valence-corrected chi connectivity index (χ1v) is 4.98. The molecule has 13 heavy (non-hydrogen) atoms. The average molecular weight is 205 g/mol. The maximum atomic E-state index is 11.4. The predicted molar refractivity (Wildman–Crippen MR) is 47.4 cm³/mol.